The minimum atomic E-state index is -1.83. The summed E-state index contributed by atoms with van der Waals surface area (Å²) in [7, 11) is -1.83. The van der Waals surface area contributed by atoms with Gasteiger partial charge in [-0.05, 0) is 41.1 Å². The molecule has 0 atom stereocenters. The Balaban J connectivity index is 2.73. The summed E-state index contributed by atoms with van der Waals surface area (Å²) in [6.45, 7) is 15.5. The maximum atomic E-state index is 10.6. The smallest absolute Gasteiger partial charge is 0.146 e. The minimum Gasteiger partial charge on any atom is -0.508 e. The van der Waals surface area contributed by atoms with E-state index in [0.717, 1.165) is 16.3 Å². The molecule has 3 heteroatoms. The molecule has 0 saturated carbocycles. The van der Waals surface area contributed by atoms with Crippen LogP contribution >= 0.6 is 0 Å². The van der Waals surface area contributed by atoms with Gasteiger partial charge in [0, 0.05) is 16.5 Å². The Bertz CT molecular complexity index is 817. The van der Waals surface area contributed by atoms with Crippen LogP contribution in [0.2, 0.25) is 16.6 Å². The lowest BCUT2D eigenvalue weighted by Gasteiger charge is -2.38. The third kappa shape index (κ3) is 3.28. The fraction of sp³-hybridized carbons (Fsp3) is 0.455. The van der Waals surface area contributed by atoms with Crippen molar-refractivity contribution in [3.63, 3.8) is 0 Å². The van der Waals surface area contributed by atoms with Crippen molar-refractivity contribution in [2.24, 2.45) is 0 Å². The van der Waals surface area contributed by atoms with E-state index in [2.05, 4.69) is 53.0 Å². The highest BCUT2D eigenvalue weighted by molar-refractivity contribution is 6.90. The summed E-state index contributed by atoms with van der Waals surface area (Å²) in [6, 6.07) is 7.50. The molecule has 134 valence electrons. The normalized spacial score (nSPS) is 12.1. The van der Waals surface area contributed by atoms with Gasteiger partial charge < -0.3 is 10.2 Å². The van der Waals surface area contributed by atoms with Gasteiger partial charge in [0.25, 0.3) is 0 Å². The fourth-order valence-corrected chi connectivity index (χ4v) is 9.45. The van der Waals surface area contributed by atoms with Gasteiger partial charge in [0.15, 0.2) is 0 Å². The summed E-state index contributed by atoms with van der Waals surface area (Å²) in [6.07, 6.45) is 0. The standard InChI is InChI=1S/C22H30O2Si/c1-14(2)25(15(3)4,16(5)6)12-11-18-9-8-10-19-13-20(23)17(7)22(24)21(18)19/h8-10,13-16,23-24H,1-7H3. The maximum Gasteiger partial charge on any atom is 0.146 e. The molecule has 0 aliphatic carbocycles. The SMILES string of the molecule is Cc1c(O)cc2cccc(C#C[Si](C(C)C)(C(C)C)C(C)C)c2c1O. The van der Waals surface area contributed by atoms with Crippen LogP contribution in [0, 0.1) is 18.4 Å². The lowest BCUT2D eigenvalue weighted by Crippen LogP contribution is -2.43. The molecule has 0 aliphatic heterocycles. The Morgan fingerprint density at radius 2 is 1.48 bits per heavy atom. The number of benzene rings is 2. The average Bonchev–Trinajstić information content (AvgIpc) is 2.52. The summed E-state index contributed by atoms with van der Waals surface area (Å²) in [5.74, 6) is 3.68. The fourth-order valence-electron chi connectivity index (χ4n) is 4.23. The number of rotatable bonds is 3. The number of hydrogen-bond acceptors (Lipinski definition) is 2. The van der Waals surface area contributed by atoms with Gasteiger partial charge in [-0.15, -0.1) is 5.54 Å². The number of hydrogen-bond donors (Lipinski definition) is 2. The zero-order valence-corrected chi connectivity index (χ0v) is 17.4. The first-order valence-electron chi connectivity index (χ1n) is 9.10. The van der Waals surface area contributed by atoms with E-state index in [9.17, 15) is 10.2 Å². The van der Waals surface area contributed by atoms with Crippen LogP contribution in [-0.4, -0.2) is 18.3 Å². The Hall–Kier alpha value is -1.92. The van der Waals surface area contributed by atoms with E-state index in [0.29, 0.717) is 22.2 Å². The molecule has 2 aromatic rings. The summed E-state index contributed by atoms with van der Waals surface area (Å²) >= 11 is 0. The van der Waals surface area contributed by atoms with Crippen LogP contribution in [0.1, 0.15) is 52.7 Å². The summed E-state index contributed by atoms with van der Waals surface area (Å²) in [5.41, 5.74) is 6.76. The Morgan fingerprint density at radius 3 is 2.00 bits per heavy atom. The van der Waals surface area contributed by atoms with Crippen molar-refractivity contribution in [2.45, 2.75) is 65.1 Å². The van der Waals surface area contributed by atoms with E-state index in [1.807, 2.05) is 18.2 Å². The van der Waals surface area contributed by atoms with Crippen LogP contribution in [-0.2, 0) is 0 Å². The molecule has 0 spiro atoms. The molecule has 2 rings (SSSR count). The van der Waals surface area contributed by atoms with Crippen molar-refractivity contribution in [2.75, 3.05) is 0 Å². The van der Waals surface area contributed by atoms with Gasteiger partial charge in [-0.1, -0.05) is 59.6 Å². The highest BCUT2D eigenvalue weighted by Crippen LogP contribution is 2.41. The first-order chi connectivity index (χ1) is 11.6. The minimum absolute atomic E-state index is 0.116. The number of phenols is 2. The molecule has 0 heterocycles. The molecule has 0 amide bonds. The molecular weight excluding hydrogens is 324 g/mol. The molecule has 0 aliphatic rings. The van der Waals surface area contributed by atoms with Crippen LogP contribution in [0.5, 0.6) is 11.5 Å². The van der Waals surface area contributed by atoms with E-state index in [4.69, 9.17) is 0 Å². The highest BCUT2D eigenvalue weighted by atomic mass is 28.3. The van der Waals surface area contributed by atoms with Gasteiger partial charge in [-0.3, -0.25) is 0 Å². The molecule has 2 aromatic carbocycles. The van der Waals surface area contributed by atoms with Crippen LogP contribution in [0.25, 0.3) is 10.8 Å². The van der Waals surface area contributed by atoms with Crippen LogP contribution < -0.4 is 0 Å². The maximum absolute atomic E-state index is 10.6. The van der Waals surface area contributed by atoms with Gasteiger partial charge in [0.05, 0.1) is 0 Å². The summed E-state index contributed by atoms with van der Waals surface area (Å²) in [4.78, 5) is 0. The van der Waals surface area contributed by atoms with Crippen molar-refractivity contribution in [3.05, 3.63) is 35.4 Å². The second kappa shape index (κ2) is 7.13. The quantitative estimate of drug-likeness (QED) is 0.514. The molecule has 0 aromatic heterocycles. The second-order valence-electron chi connectivity index (χ2n) is 7.92. The summed E-state index contributed by atoms with van der Waals surface area (Å²) in [5, 5.41) is 22.1. The first kappa shape index (κ1) is 19.4. The van der Waals surface area contributed by atoms with Crippen molar-refractivity contribution >= 4 is 18.8 Å². The van der Waals surface area contributed by atoms with Crippen molar-refractivity contribution < 1.29 is 10.2 Å². The first-order valence-corrected chi connectivity index (χ1v) is 11.3. The Morgan fingerprint density at radius 1 is 0.920 bits per heavy atom. The van der Waals surface area contributed by atoms with Gasteiger partial charge in [0.1, 0.15) is 19.6 Å². The molecule has 0 fully saturated rings. The lowest BCUT2D eigenvalue weighted by molar-refractivity contribution is 0.448. The third-order valence-corrected chi connectivity index (χ3v) is 11.9. The molecule has 2 nitrogen and oxygen atoms in total. The van der Waals surface area contributed by atoms with E-state index >= 15 is 0 Å². The largest absolute Gasteiger partial charge is 0.508 e. The van der Waals surface area contributed by atoms with Crippen molar-refractivity contribution in [1.29, 1.82) is 0 Å². The molecular formula is C22H30O2Si. The Labute approximate surface area is 152 Å². The van der Waals surface area contributed by atoms with Crippen molar-refractivity contribution in [1.82, 2.24) is 0 Å². The zero-order chi connectivity index (χ0) is 18.9. The molecule has 2 N–H and O–H groups in total. The third-order valence-electron chi connectivity index (χ3n) is 5.64. The van der Waals surface area contributed by atoms with Crippen molar-refractivity contribution in [3.8, 4) is 23.0 Å². The molecule has 0 saturated heterocycles. The molecule has 0 unspecified atom stereocenters. The van der Waals surface area contributed by atoms with Crippen LogP contribution in [0.4, 0.5) is 0 Å². The molecule has 25 heavy (non-hydrogen) atoms. The van der Waals surface area contributed by atoms with E-state index in [-0.39, 0.29) is 11.5 Å². The average molecular weight is 355 g/mol. The topological polar surface area (TPSA) is 40.5 Å². The van der Waals surface area contributed by atoms with Crippen LogP contribution in [0.15, 0.2) is 24.3 Å². The van der Waals surface area contributed by atoms with Crippen LogP contribution in [0.3, 0.4) is 0 Å². The van der Waals surface area contributed by atoms with Gasteiger partial charge in [-0.25, -0.2) is 0 Å². The predicted octanol–water partition coefficient (Wildman–Crippen LogP) is 6.13. The van der Waals surface area contributed by atoms with E-state index in [1.165, 1.54) is 0 Å². The molecule has 0 bridgehead atoms. The molecule has 0 radical (unpaired) electrons. The highest BCUT2D eigenvalue weighted by Gasteiger charge is 2.41. The second-order valence-corrected chi connectivity index (χ2v) is 13.5. The number of fused-ring (bicyclic) bond motifs is 1. The zero-order valence-electron chi connectivity index (χ0n) is 16.4. The number of phenolic OH excluding ortho intramolecular Hbond substituents is 2. The van der Waals surface area contributed by atoms with Gasteiger partial charge >= 0.3 is 0 Å². The monoisotopic (exact) mass is 354 g/mol. The predicted molar refractivity (Wildman–Crippen MR) is 110 cm³/mol. The van der Waals surface area contributed by atoms with E-state index in [1.54, 1.807) is 13.0 Å². The summed E-state index contributed by atoms with van der Waals surface area (Å²) < 4.78 is 0. The number of aromatic hydroxyl groups is 2. The Kier molecular flexibility index (Phi) is 5.54. The van der Waals surface area contributed by atoms with Gasteiger partial charge in [0.2, 0.25) is 0 Å². The van der Waals surface area contributed by atoms with E-state index < -0.39 is 8.07 Å². The lowest BCUT2D eigenvalue weighted by atomic mass is 10.0. The van der Waals surface area contributed by atoms with Gasteiger partial charge in [-0.2, -0.15) is 0 Å².